The third-order valence-corrected chi connectivity index (χ3v) is 6.88. The molecule has 0 amide bonds. The highest BCUT2D eigenvalue weighted by atomic mass is 79.9. The van der Waals surface area contributed by atoms with Crippen molar-refractivity contribution in [2.24, 2.45) is 0 Å². The molecule has 10 heteroatoms. The summed E-state index contributed by atoms with van der Waals surface area (Å²) in [4.78, 5) is 10.8. The fraction of sp³-hybridized carbons (Fsp3) is 0.545. The second-order valence-electron chi connectivity index (χ2n) is 4.57. The number of hydrogen-bond donors (Lipinski definition) is 2. The minimum atomic E-state index is -3.82. The molecule has 0 spiro atoms. The molecule has 1 aromatic rings. The van der Waals surface area contributed by atoms with E-state index < -0.39 is 21.6 Å². The average molecular weight is 400 g/mol. The van der Waals surface area contributed by atoms with Crippen molar-refractivity contribution in [1.29, 1.82) is 0 Å². The quantitative estimate of drug-likeness (QED) is 0.746. The molecule has 1 aromatic heterocycles. The first-order chi connectivity index (χ1) is 9.80. The highest BCUT2D eigenvalue weighted by Crippen LogP contribution is 2.32. The highest BCUT2D eigenvalue weighted by molar-refractivity contribution is 9.11. The Labute approximate surface area is 134 Å². The van der Waals surface area contributed by atoms with E-state index in [1.807, 2.05) is 0 Å². The minimum absolute atomic E-state index is 0.0482. The molecule has 7 nitrogen and oxygen atoms in total. The number of nitrogens with one attached hydrogen (secondary N) is 1. The van der Waals surface area contributed by atoms with Crippen LogP contribution in [-0.4, -0.2) is 52.0 Å². The summed E-state index contributed by atoms with van der Waals surface area (Å²) in [6, 6.07) is 1.13. The molecule has 1 aliphatic heterocycles. The summed E-state index contributed by atoms with van der Waals surface area (Å²) in [5.74, 6) is -1.17. The molecule has 1 fully saturated rings. The number of sulfonamides is 1. The molecular weight excluding hydrogens is 386 g/mol. The Kier molecular flexibility index (Phi) is 5.06. The van der Waals surface area contributed by atoms with E-state index in [2.05, 4.69) is 20.7 Å². The van der Waals surface area contributed by atoms with Crippen molar-refractivity contribution in [3.8, 4) is 0 Å². The van der Waals surface area contributed by atoms with Crippen LogP contribution in [0.5, 0.6) is 0 Å². The predicted octanol–water partition coefficient (Wildman–Crippen LogP) is 1.29. The molecule has 0 radical (unpaired) electrons. The Morgan fingerprint density at radius 2 is 2.38 bits per heavy atom. The van der Waals surface area contributed by atoms with Crippen molar-refractivity contribution in [2.45, 2.75) is 16.9 Å². The van der Waals surface area contributed by atoms with Gasteiger partial charge in [-0.15, -0.1) is 11.3 Å². The molecule has 1 unspecified atom stereocenters. The first kappa shape index (κ1) is 16.8. The Morgan fingerprint density at radius 1 is 1.67 bits per heavy atom. The van der Waals surface area contributed by atoms with E-state index in [0.29, 0.717) is 19.6 Å². The van der Waals surface area contributed by atoms with Crippen LogP contribution in [0.3, 0.4) is 0 Å². The highest BCUT2D eigenvalue weighted by Gasteiger charge is 2.36. The number of carboxylic acids is 1. The van der Waals surface area contributed by atoms with E-state index in [0.717, 1.165) is 17.4 Å². The van der Waals surface area contributed by atoms with Gasteiger partial charge >= 0.3 is 5.97 Å². The molecule has 1 aliphatic rings. The number of ether oxygens (including phenoxy) is 2. The van der Waals surface area contributed by atoms with E-state index in [1.54, 1.807) is 0 Å². The smallest absolute Gasteiger partial charge is 0.345 e. The van der Waals surface area contributed by atoms with E-state index in [4.69, 9.17) is 14.6 Å². The molecule has 0 aliphatic carbocycles. The maximum Gasteiger partial charge on any atom is 0.345 e. The van der Waals surface area contributed by atoms with Gasteiger partial charge in [-0.2, -0.15) is 0 Å². The number of carboxylic acid groups (broad SMARTS) is 1. The summed E-state index contributed by atoms with van der Waals surface area (Å²) in [6.45, 7) is 0.897. The zero-order chi connectivity index (χ0) is 15.7. The lowest BCUT2D eigenvalue weighted by Gasteiger charge is -2.25. The Hall–Kier alpha value is -0.520. The number of thiophene rings is 1. The number of rotatable bonds is 6. The van der Waals surface area contributed by atoms with Gasteiger partial charge in [0.25, 0.3) is 0 Å². The number of hydrogen-bond acceptors (Lipinski definition) is 6. The Morgan fingerprint density at radius 3 is 2.86 bits per heavy atom. The molecule has 0 bridgehead atoms. The van der Waals surface area contributed by atoms with Crippen LogP contribution in [0.15, 0.2) is 14.7 Å². The van der Waals surface area contributed by atoms with Crippen molar-refractivity contribution in [1.82, 2.24) is 4.72 Å². The molecule has 1 saturated heterocycles. The number of carbonyl (C=O) groups is 1. The van der Waals surface area contributed by atoms with Gasteiger partial charge in [0.1, 0.15) is 15.4 Å². The van der Waals surface area contributed by atoms with Gasteiger partial charge in [0, 0.05) is 26.7 Å². The van der Waals surface area contributed by atoms with Gasteiger partial charge in [-0.1, -0.05) is 0 Å². The van der Waals surface area contributed by atoms with Crippen molar-refractivity contribution >= 4 is 43.3 Å². The Bertz CT molecular complexity index is 635. The van der Waals surface area contributed by atoms with Crippen LogP contribution in [0.4, 0.5) is 0 Å². The Balaban J connectivity index is 2.17. The molecule has 0 saturated carbocycles. The van der Waals surface area contributed by atoms with E-state index in [1.165, 1.54) is 7.11 Å². The summed E-state index contributed by atoms with van der Waals surface area (Å²) < 4.78 is 37.8. The monoisotopic (exact) mass is 399 g/mol. The lowest BCUT2D eigenvalue weighted by atomic mass is 10.0. The first-order valence-corrected chi connectivity index (χ1v) is 9.04. The molecule has 1 atom stereocenters. The van der Waals surface area contributed by atoms with Crippen LogP contribution in [0, 0.1) is 0 Å². The van der Waals surface area contributed by atoms with Crippen LogP contribution in [0.25, 0.3) is 0 Å². The maximum atomic E-state index is 12.3. The number of halogens is 1. The third kappa shape index (κ3) is 3.63. The summed E-state index contributed by atoms with van der Waals surface area (Å²) in [5.41, 5.74) is -0.675. The fourth-order valence-corrected chi connectivity index (χ4v) is 5.42. The summed E-state index contributed by atoms with van der Waals surface area (Å²) in [7, 11) is -2.32. The normalized spacial score (nSPS) is 22.6. The number of methoxy groups -OCH3 is 1. The molecule has 118 valence electrons. The van der Waals surface area contributed by atoms with Crippen molar-refractivity contribution in [3.05, 3.63) is 14.7 Å². The van der Waals surface area contributed by atoms with Crippen LogP contribution < -0.4 is 4.72 Å². The largest absolute Gasteiger partial charge is 0.477 e. The minimum Gasteiger partial charge on any atom is -0.477 e. The van der Waals surface area contributed by atoms with E-state index in [9.17, 15) is 13.2 Å². The zero-order valence-corrected chi connectivity index (χ0v) is 14.3. The van der Waals surface area contributed by atoms with Crippen LogP contribution in [-0.2, 0) is 19.5 Å². The number of aromatic carboxylic acids is 1. The molecule has 21 heavy (non-hydrogen) atoms. The molecule has 2 N–H and O–H groups in total. The van der Waals surface area contributed by atoms with Crippen LogP contribution in [0.1, 0.15) is 16.1 Å². The topological polar surface area (TPSA) is 102 Å². The zero-order valence-electron chi connectivity index (χ0n) is 11.1. The van der Waals surface area contributed by atoms with Crippen molar-refractivity contribution in [3.63, 3.8) is 0 Å². The van der Waals surface area contributed by atoms with Crippen LogP contribution >= 0.6 is 27.3 Å². The second-order valence-corrected chi connectivity index (χ2v) is 8.67. The van der Waals surface area contributed by atoms with Gasteiger partial charge in [0.05, 0.1) is 10.4 Å². The van der Waals surface area contributed by atoms with Gasteiger partial charge < -0.3 is 14.6 Å². The lowest BCUT2D eigenvalue weighted by molar-refractivity contribution is -0.0120. The lowest BCUT2D eigenvalue weighted by Crippen LogP contribution is -2.44. The van der Waals surface area contributed by atoms with Gasteiger partial charge in [0.15, 0.2) is 0 Å². The predicted molar refractivity (Wildman–Crippen MR) is 79.3 cm³/mol. The van der Waals surface area contributed by atoms with E-state index in [-0.39, 0.29) is 20.1 Å². The summed E-state index contributed by atoms with van der Waals surface area (Å²) in [5, 5.41) is 8.91. The molecule has 2 heterocycles. The summed E-state index contributed by atoms with van der Waals surface area (Å²) >= 11 is 3.94. The fourth-order valence-electron chi connectivity index (χ4n) is 1.91. The first-order valence-electron chi connectivity index (χ1n) is 5.95. The van der Waals surface area contributed by atoms with E-state index >= 15 is 0 Å². The SMILES string of the molecule is COC1(CNS(=O)(=O)c2cc(C(=O)O)sc2Br)CCOC1. The second kappa shape index (κ2) is 6.31. The third-order valence-electron chi connectivity index (χ3n) is 3.24. The maximum absolute atomic E-state index is 12.3. The average Bonchev–Trinajstić information content (AvgIpc) is 3.04. The van der Waals surface area contributed by atoms with Gasteiger partial charge in [-0.25, -0.2) is 17.9 Å². The standard InChI is InChI=1S/C11H14BrNO6S2/c1-18-11(2-3-19-6-11)5-13-21(16,17)8-4-7(10(14)15)20-9(8)12/h4,13H,2-3,5-6H2,1H3,(H,14,15). The van der Waals surface area contributed by atoms with Crippen molar-refractivity contribution < 1.29 is 27.8 Å². The van der Waals surface area contributed by atoms with Gasteiger partial charge in [-0.05, 0) is 22.0 Å². The van der Waals surface area contributed by atoms with Crippen LogP contribution in [0.2, 0.25) is 0 Å². The summed E-state index contributed by atoms with van der Waals surface area (Å²) in [6.07, 6.45) is 0.594. The molecule has 2 rings (SSSR count). The van der Waals surface area contributed by atoms with Gasteiger partial charge in [0.2, 0.25) is 10.0 Å². The molecular formula is C11H14BrNO6S2. The van der Waals surface area contributed by atoms with Crippen molar-refractivity contribution in [2.75, 3.05) is 26.9 Å². The van der Waals surface area contributed by atoms with Gasteiger partial charge in [-0.3, -0.25) is 0 Å². The molecule has 0 aromatic carbocycles.